The Morgan fingerprint density at radius 2 is 2.06 bits per heavy atom. The number of nitrogens with one attached hydrogen (secondary N) is 2. The van der Waals surface area contributed by atoms with Gasteiger partial charge < -0.3 is 22.1 Å². The van der Waals surface area contributed by atoms with Crippen molar-refractivity contribution >= 4 is 28.3 Å². The molecule has 1 aromatic rings. The highest BCUT2D eigenvalue weighted by Gasteiger charge is 2.25. The number of carbonyl (C=O) groups excluding carboxylic acids is 2. The summed E-state index contributed by atoms with van der Waals surface area (Å²) in [6.07, 6.45) is 14.2. The molecule has 0 aliphatic heterocycles. The number of allylic oxidation sites excluding steroid dienone is 4. The second kappa shape index (κ2) is 11.5. The van der Waals surface area contributed by atoms with Crippen LogP contribution in [0.15, 0.2) is 23.8 Å². The van der Waals surface area contributed by atoms with Crippen LogP contribution in [0.1, 0.15) is 62.4 Å². The number of aryl methyl sites for hydroxylation is 2. The van der Waals surface area contributed by atoms with Crippen LogP contribution >= 0.6 is 11.3 Å². The van der Waals surface area contributed by atoms with Crippen molar-refractivity contribution in [3.8, 4) is 0 Å². The maximum Gasteiger partial charge on any atom is 0.248 e. The molecule has 0 radical (unpaired) electrons. The third-order valence-electron chi connectivity index (χ3n) is 5.82. The van der Waals surface area contributed by atoms with Crippen LogP contribution in [0.4, 0.5) is 5.13 Å². The van der Waals surface area contributed by atoms with Gasteiger partial charge in [0.25, 0.3) is 0 Å². The summed E-state index contributed by atoms with van der Waals surface area (Å²) in [5.74, 6) is -0.0549. The molecule has 7 nitrogen and oxygen atoms in total. The second-order valence-electron chi connectivity index (χ2n) is 8.58. The van der Waals surface area contributed by atoms with Gasteiger partial charge in [0.05, 0.1) is 11.7 Å². The minimum Gasteiger partial charge on any atom is -0.343 e. The number of hydrogen-bond acceptors (Lipinski definition) is 6. The minimum absolute atomic E-state index is 0.237. The Labute approximate surface area is 188 Å². The molecule has 3 atom stereocenters. The Kier molecular flexibility index (Phi) is 8.80. The van der Waals surface area contributed by atoms with Gasteiger partial charge in [0.1, 0.15) is 6.04 Å². The lowest BCUT2D eigenvalue weighted by molar-refractivity contribution is -0.127. The Bertz CT molecular complexity index is 808. The van der Waals surface area contributed by atoms with E-state index in [0.29, 0.717) is 43.3 Å². The largest absolute Gasteiger partial charge is 0.343 e. The molecule has 0 aromatic carbocycles. The molecule has 170 valence electrons. The number of carbonyl (C=O) groups is 2. The smallest absolute Gasteiger partial charge is 0.248 e. The number of anilines is 1. The molecule has 0 spiro atoms. The van der Waals surface area contributed by atoms with Gasteiger partial charge in [-0.1, -0.05) is 30.7 Å². The highest BCUT2D eigenvalue weighted by atomic mass is 32.1. The fraction of sp³-hybridized carbons (Fsp3) is 0.609. The van der Waals surface area contributed by atoms with E-state index < -0.39 is 12.1 Å². The molecule has 2 amide bonds. The second-order valence-corrected chi connectivity index (χ2v) is 9.66. The molecule has 6 N–H and O–H groups in total. The van der Waals surface area contributed by atoms with Crippen molar-refractivity contribution in [3.05, 3.63) is 34.4 Å². The molecule has 0 bridgehead atoms. The first-order valence-corrected chi connectivity index (χ1v) is 12.2. The molecule has 0 saturated heterocycles. The van der Waals surface area contributed by atoms with Crippen molar-refractivity contribution in [2.24, 2.45) is 17.4 Å². The fourth-order valence-electron chi connectivity index (χ4n) is 4.02. The van der Waals surface area contributed by atoms with Gasteiger partial charge in [-0.05, 0) is 70.3 Å². The van der Waals surface area contributed by atoms with Gasteiger partial charge in [0, 0.05) is 4.88 Å². The first-order valence-electron chi connectivity index (χ1n) is 11.4. The summed E-state index contributed by atoms with van der Waals surface area (Å²) in [5, 5.41) is 6.43. The Hall–Kier alpha value is -2.03. The van der Waals surface area contributed by atoms with Crippen molar-refractivity contribution in [2.75, 3.05) is 11.9 Å². The average molecular weight is 446 g/mol. The van der Waals surface area contributed by atoms with Crippen LogP contribution < -0.4 is 22.1 Å². The fourth-order valence-corrected chi connectivity index (χ4v) is 5.07. The predicted molar refractivity (Wildman–Crippen MR) is 126 cm³/mol. The summed E-state index contributed by atoms with van der Waals surface area (Å²) in [7, 11) is 0. The van der Waals surface area contributed by atoms with Gasteiger partial charge in [0.15, 0.2) is 5.13 Å². The number of nitrogens with zero attached hydrogens (tertiary/aromatic N) is 1. The van der Waals surface area contributed by atoms with E-state index in [1.54, 1.807) is 11.3 Å². The number of nitrogens with two attached hydrogens (primary N) is 2. The van der Waals surface area contributed by atoms with Gasteiger partial charge >= 0.3 is 0 Å². The molecule has 0 fully saturated rings. The van der Waals surface area contributed by atoms with Crippen molar-refractivity contribution in [1.29, 1.82) is 0 Å². The quantitative estimate of drug-likeness (QED) is 0.441. The van der Waals surface area contributed by atoms with E-state index in [-0.39, 0.29) is 11.8 Å². The van der Waals surface area contributed by atoms with Crippen LogP contribution in [0.2, 0.25) is 0 Å². The Morgan fingerprint density at radius 1 is 1.26 bits per heavy atom. The van der Waals surface area contributed by atoms with Crippen molar-refractivity contribution in [3.63, 3.8) is 0 Å². The van der Waals surface area contributed by atoms with Gasteiger partial charge in [-0.15, -0.1) is 11.3 Å². The van der Waals surface area contributed by atoms with E-state index in [4.69, 9.17) is 11.5 Å². The molecule has 0 saturated carbocycles. The zero-order valence-corrected chi connectivity index (χ0v) is 19.2. The number of aromatic nitrogens is 1. The lowest BCUT2D eigenvalue weighted by Crippen LogP contribution is -2.50. The topological polar surface area (TPSA) is 123 Å². The van der Waals surface area contributed by atoms with Crippen molar-refractivity contribution in [2.45, 2.75) is 76.8 Å². The van der Waals surface area contributed by atoms with E-state index in [2.05, 4.69) is 40.8 Å². The minimum atomic E-state index is -0.667. The summed E-state index contributed by atoms with van der Waals surface area (Å²) in [6.45, 7) is 2.66. The van der Waals surface area contributed by atoms with Crippen molar-refractivity contribution < 1.29 is 9.59 Å². The van der Waals surface area contributed by atoms with E-state index in [9.17, 15) is 9.59 Å². The Morgan fingerprint density at radius 3 is 2.81 bits per heavy atom. The molecule has 31 heavy (non-hydrogen) atoms. The molecule has 8 heteroatoms. The Balaban J connectivity index is 1.65. The number of amides is 2. The van der Waals surface area contributed by atoms with Crippen LogP contribution in [-0.2, 0) is 22.4 Å². The third-order valence-corrected chi connectivity index (χ3v) is 6.90. The molecular weight excluding hydrogens is 410 g/mol. The lowest BCUT2D eigenvalue weighted by Gasteiger charge is -2.21. The molecule has 3 rings (SSSR count). The van der Waals surface area contributed by atoms with Crippen LogP contribution in [0.25, 0.3) is 0 Å². The summed E-state index contributed by atoms with van der Waals surface area (Å²) in [5.41, 5.74) is 13.8. The van der Waals surface area contributed by atoms with Crippen LogP contribution in [0.5, 0.6) is 0 Å². The van der Waals surface area contributed by atoms with E-state index in [0.717, 1.165) is 31.4 Å². The molecule has 2 aliphatic carbocycles. The highest BCUT2D eigenvalue weighted by molar-refractivity contribution is 7.15. The van der Waals surface area contributed by atoms with E-state index in [1.165, 1.54) is 16.9 Å². The predicted octanol–water partition coefficient (Wildman–Crippen LogP) is 2.81. The summed E-state index contributed by atoms with van der Waals surface area (Å²) in [6, 6.07) is -1.33. The van der Waals surface area contributed by atoms with E-state index in [1.807, 2.05) is 0 Å². The number of hydrogen-bond donors (Lipinski definition) is 4. The number of rotatable bonds is 10. The SMILES string of the molecule is CC1C=C(CC[C@@H](NC(=O)[C@@H](N)CCCN)C(=O)Nc2nc3c(s2)CCCC3)C=CC1. The maximum absolute atomic E-state index is 13.1. The zero-order chi connectivity index (χ0) is 22.2. The maximum atomic E-state index is 13.1. The van der Waals surface area contributed by atoms with Crippen LogP contribution in [0.3, 0.4) is 0 Å². The van der Waals surface area contributed by atoms with Crippen LogP contribution in [0, 0.1) is 5.92 Å². The summed E-state index contributed by atoms with van der Waals surface area (Å²) >= 11 is 1.55. The van der Waals surface area contributed by atoms with E-state index >= 15 is 0 Å². The zero-order valence-electron chi connectivity index (χ0n) is 18.4. The molecular formula is C23H35N5O2S. The third kappa shape index (κ3) is 6.98. The van der Waals surface area contributed by atoms with Crippen molar-refractivity contribution in [1.82, 2.24) is 10.3 Å². The van der Waals surface area contributed by atoms with Crippen LogP contribution in [-0.4, -0.2) is 35.4 Å². The number of thiazole rings is 1. The van der Waals surface area contributed by atoms with Gasteiger partial charge in [-0.2, -0.15) is 0 Å². The average Bonchev–Trinajstić information content (AvgIpc) is 3.16. The molecule has 2 aliphatic rings. The molecule has 1 aromatic heterocycles. The van der Waals surface area contributed by atoms with Gasteiger partial charge in [-0.3, -0.25) is 9.59 Å². The van der Waals surface area contributed by atoms with Gasteiger partial charge in [-0.25, -0.2) is 4.98 Å². The molecule has 1 heterocycles. The summed E-state index contributed by atoms with van der Waals surface area (Å²) < 4.78 is 0. The molecule has 1 unspecified atom stereocenters. The normalized spacial score (nSPS) is 19.8. The first kappa shape index (κ1) is 23.6. The summed E-state index contributed by atoms with van der Waals surface area (Å²) in [4.78, 5) is 31.5. The first-order chi connectivity index (χ1) is 15.0. The standard InChI is InChI=1S/C23H35N5O2S/c1-15-6-4-7-16(14-15)11-12-19(26-21(29)17(25)8-5-13-24)22(30)28-23-27-18-9-2-3-10-20(18)31-23/h4,7,14-15,17,19H,2-3,5-6,8-13,24-25H2,1H3,(H,26,29)(H,27,28,30)/t15?,17-,19+/m0/s1. The monoisotopic (exact) mass is 445 g/mol. The van der Waals surface area contributed by atoms with Gasteiger partial charge in [0.2, 0.25) is 11.8 Å². The lowest BCUT2D eigenvalue weighted by atomic mass is 9.94. The highest BCUT2D eigenvalue weighted by Crippen LogP contribution is 2.29. The number of fused-ring (bicyclic) bond motifs is 1.